The Bertz CT molecular complexity index is 660. The Morgan fingerprint density at radius 3 is 2.71 bits per heavy atom. The number of carbonyl (C=O) groups excluding carboxylic acids is 1. The summed E-state index contributed by atoms with van der Waals surface area (Å²) in [7, 11) is 0. The largest absolute Gasteiger partial charge is 0.333 e. The normalized spacial score (nSPS) is 13.2. The van der Waals surface area contributed by atoms with Gasteiger partial charge in [0, 0.05) is 0 Å². The molecule has 0 fully saturated rings. The number of benzene rings is 1. The van der Waals surface area contributed by atoms with E-state index in [0.717, 1.165) is 12.0 Å². The van der Waals surface area contributed by atoms with Gasteiger partial charge in [0.15, 0.2) is 0 Å². The van der Waals surface area contributed by atoms with Crippen LogP contribution in [0.2, 0.25) is 0 Å². The van der Waals surface area contributed by atoms with E-state index in [-0.39, 0.29) is 5.91 Å². The van der Waals surface area contributed by atoms with Crippen LogP contribution in [-0.2, 0) is 6.42 Å². The van der Waals surface area contributed by atoms with Crippen LogP contribution in [0.1, 0.15) is 34.3 Å². The van der Waals surface area contributed by atoms with Gasteiger partial charge in [-0.3, -0.25) is 4.79 Å². The predicted octanol–water partition coefficient (Wildman–Crippen LogP) is 3.10. The Hall–Kier alpha value is -2.19. The van der Waals surface area contributed by atoms with Crippen molar-refractivity contribution in [3.8, 4) is 6.07 Å². The minimum absolute atomic E-state index is 0.230. The summed E-state index contributed by atoms with van der Waals surface area (Å²) in [5.41, 5.74) is 2.60. The van der Waals surface area contributed by atoms with E-state index in [0.29, 0.717) is 17.0 Å². The van der Waals surface area contributed by atoms with E-state index >= 15 is 0 Å². The molecule has 4 nitrogen and oxygen atoms in total. The lowest BCUT2D eigenvalue weighted by molar-refractivity contribution is 0.0925. The van der Waals surface area contributed by atoms with Crippen LogP contribution >= 0.6 is 11.3 Å². The number of aryl methyl sites for hydroxylation is 2. The maximum Gasteiger partial charge on any atom is 0.264 e. The Kier molecular flexibility index (Phi) is 4.71. The van der Waals surface area contributed by atoms with Crippen LogP contribution in [0, 0.1) is 18.3 Å². The summed E-state index contributed by atoms with van der Waals surface area (Å²) in [6, 6.07) is 12.2. The molecular weight excluding hydrogens is 282 g/mol. The molecule has 21 heavy (non-hydrogen) atoms. The Morgan fingerprint density at radius 2 is 2.14 bits per heavy atom. The number of nitriles is 1. The van der Waals surface area contributed by atoms with Gasteiger partial charge in [-0.1, -0.05) is 30.3 Å². The molecule has 1 aromatic carbocycles. The highest BCUT2D eigenvalue weighted by Gasteiger charge is 2.27. The highest BCUT2D eigenvalue weighted by molar-refractivity contribution is 7.11. The van der Waals surface area contributed by atoms with E-state index in [9.17, 15) is 10.1 Å². The highest BCUT2D eigenvalue weighted by Crippen LogP contribution is 2.17. The first kappa shape index (κ1) is 15.2. The van der Waals surface area contributed by atoms with Crippen molar-refractivity contribution in [1.82, 2.24) is 10.3 Å². The molecule has 108 valence electrons. The van der Waals surface area contributed by atoms with E-state index in [1.165, 1.54) is 11.3 Å². The predicted molar refractivity (Wildman–Crippen MR) is 83.1 cm³/mol. The van der Waals surface area contributed by atoms with Crippen LogP contribution in [0.25, 0.3) is 0 Å². The minimum atomic E-state index is -0.886. The highest BCUT2D eigenvalue weighted by atomic mass is 32.1. The number of rotatable bonds is 5. The Labute approximate surface area is 128 Å². The molecule has 0 aliphatic heterocycles. The Balaban J connectivity index is 2.03. The fourth-order valence-electron chi connectivity index (χ4n) is 2.01. The van der Waals surface area contributed by atoms with Crippen molar-refractivity contribution in [2.24, 2.45) is 0 Å². The first-order chi connectivity index (χ1) is 10.0. The summed E-state index contributed by atoms with van der Waals surface area (Å²) in [6.07, 6.45) is 1.31. The molecule has 0 unspecified atom stereocenters. The van der Waals surface area contributed by atoms with Crippen molar-refractivity contribution in [3.05, 3.63) is 52.0 Å². The summed E-state index contributed by atoms with van der Waals surface area (Å²) in [4.78, 5) is 16.8. The SMILES string of the molecule is Cc1ncsc1C(=O)N[C@](C)(C#N)CCc1ccccc1. The number of thiazole rings is 1. The zero-order valence-electron chi connectivity index (χ0n) is 12.1. The van der Waals surface area contributed by atoms with Gasteiger partial charge < -0.3 is 5.32 Å². The molecule has 2 aromatic rings. The van der Waals surface area contributed by atoms with Crippen molar-refractivity contribution in [1.29, 1.82) is 5.26 Å². The summed E-state index contributed by atoms with van der Waals surface area (Å²) in [5, 5.41) is 12.2. The van der Waals surface area contributed by atoms with Crippen molar-refractivity contribution in [3.63, 3.8) is 0 Å². The molecule has 0 saturated carbocycles. The molecule has 1 atom stereocenters. The van der Waals surface area contributed by atoms with Crippen LogP contribution in [0.5, 0.6) is 0 Å². The van der Waals surface area contributed by atoms with E-state index in [1.807, 2.05) is 30.3 Å². The first-order valence-corrected chi connectivity index (χ1v) is 7.60. The molecule has 1 aromatic heterocycles. The number of amides is 1. The quantitative estimate of drug-likeness (QED) is 0.922. The summed E-state index contributed by atoms with van der Waals surface area (Å²) >= 11 is 1.29. The van der Waals surface area contributed by atoms with Crippen molar-refractivity contribution in [2.45, 2.75) is 32.2 Å². The average Bonchev–Trinajstić information content (AvgIpc) is 2.92. The third kappa shape index (κ3) is 3.89. The van der Waals surface area contributed by atoms with E-state index < -0.39 is 5.54 Å². The Morgan fingerprint density at radius 1 is 1.43 bits per heavy atom. The maximum absolute atomic E-state index is 12.2. The molecule has 0 bridgehead atoms. The summed E-state index contributed by atoms with van der Waals surface area (Å²) in [5.74, 6) is -0.230. The topological polar surface area (TPSA) is 65.8 Å². The van der Waals surface area contributed by atoms with Crippen LogP contribution in [0.4, 0.5) is 0 Å². The number of nitrogens with zero attached hydrogens (tertiary/aromatic N) is 2. The van der Waals surface area contributed by atoms with Gasteiger partial charge in [-0.05, 0) is 32.3 Å². The van der Waals surface area contributed by atoms with Gasteiger partial charge in [0.25, 0.3) is 5.91 Å². The van der Waals surface area contributed by atoms with Gasteiger partial charge in [0.05, 0.1) is 17.3 Å². The second-order valence-corrected chi connectivity index (χ2v) is 6.01. The lowest BCUT2D eigenvalue weighted by Gasteiger charge is -2.23. The van der Waals surface area contributed by atoms with Crippen molar-refractivity contribution < 1.29 is 4.79 Å². The van der Waals surface area contributed by atoms with Gasteiger partial charge >= 0.3 is 0 Å². The minimum Gasteiger partial charge on any atom is -0.333 e. The monoisotopic (exact) mass is 299 g/mol. The average molecular weight is 299 g/mol. The molecule has 1 heterocycles. The third-order valence-corrected chi connectivity index (χ3v) is 4.27. The van der Waals surface area contributed by atoms with Crippen LogP contribution in [0.15, 0.2) is 35.8 Å². The van der Waals surface area contributed by atoms with Gasteiger partial charge in [-0.2, -0.15) is 5.26 Å². The number of aromatic nitrogens is 1. The van der Waals surface area contributed by atoms with E-state index in [2.05, 4.69) is 16.4 Å². The summed E-state index contributed by atoms with van der Waals surface area (Å²) in [6.45, 7) is 3.54. The molecule has 0 spiro atoms. The van der Waals surface area contributed by atoms with Crippen LogP contribution in [0.3, 0.4) is 0 Å². The van der Waals surface area contributed by atoms with Gasteiger partial charge in [-0.25, -0.2) is 4.98 Å². The van der Waals surface area contributed by atoms with E-state index in [4.69, 9.17) is 0 Å². The lowest BCUT2D eigenvalue weighted by Crippen LogP contribution is -2.45. The molecule has 0 aliphatic rings. The molecule has 1 amide bonds. The number of carbonyl (C=O) groups is 1. The number of nitrogens with one attached hydrogen (secondary N) is 1. The zero-order chi connectivity index (χ0) is 15.3. The first-order valence-electron chi connectivity index (χ1n) is 6.72. The maximum atomic E-state index is 12.2. The summed E-state index contributed by atoms with van der Waals surface area (Å²) < 4.78 is 0. The van der Waals surface area contributed by atoms with Crippen molar-refractivity contribution in [2.75, 3.05) is 0 Å². The molecule has 0 radical (unpaired) electrons. The van der Waals surface area contributed by atoms with E-state index in [1.54, 1.807) is 19.4 Å². The second kappa shape index (κ2) is 6.51. The van der Waals surface area contributed by atoms with Gasteiger partial charge in [-0.15, -0.1) is 11.3 Å². The molecule has 0 aliphatic carbocycles. The number of hydrogen-bond donors (Lipinski definition) is 1. The zero-order valence-corrected chi connectivity index (χ0v) is 12.9. The lowest BCUT2D eigenvalue weighted by atomic mass is 9.94. The molecule has 5 heteroatoms. The smallest absolute Gasteiger partial charge is 0.264 e. The van der Waals surface area contributed by atoms with Crippen molar-refractivity contribution >= 4 is 17.2 Å². The molecular formula is C16H17N3OS. The molecule has 2 rings (SSSR count). The van der Waals surface area contributed by atoms with Gasteiger partial charge in [0.2, 0.25) is 0 Å². The fraction of sp³-hybridized carbons (Fsp3) is 0.312. The van der Waals surface area contributed by atoms with Crippen LogP contribution < -0.4 is 5.32 Å². The third-order valence-electron chi connectivity index (χ3n) is 3.34. The van der Waals surface area contributed by atoms with Gasteiger partial charge in [0.1, 0.15) is 10.4 Å². The number of hydrogen-bond acceptors (Lipinski definition) is 4. The molecule has 1 N–H and O–H groups in total. The molecule has 0 saturated heterocycles. The van der Waals surface area contributed by atoms with Crippen LogP contribution in [-0.4, -0.2) is 16.4 Å². The second-order valence-electron chi connectivity index (χ2n) is 5.15. The fourth-order valence-corrected chi connectivity index (χ4v) is 2.71. The standard InChI is InChI=1S/C16H17N3OS/c1-12-14(21-11-18-12)15(20)19-16(2,10-17)9-8-13-6-4-3-5-7-13/h3-7,11H,8-9H2,1-2H3,(H,19,20)/t16-/m0/s1.